The predicted molar refractivity (Wildman–Crippen MR) is 205 cm³/mol. The third-order valence-electron chi connectivity index (χ3n) is 9.96. The van der Waals surface area contributed by atoms with Crippen molar-refractivity contribution in [1.29, 1.82) is 0 Å². The highest BCUT2D eigenvalue weighted by Gasteiger charge is 2.32. The van der Waals surface area contributed by atoms with Crippen molar-refractivity contribution >= 4 is 11.9 Å². The first-order chi connectivity index (χ1) is 23.6. The Morgan fingerprint density at radius 1 is 0.479 bits per heavy atom. The topological polar surface area (TPSA) is 55.8 Å². The van der Waals surface area contributed by atoms with E-state index in [1.807, 2.05) is 0 Å². The fraction of sp³-hybridized carbons (Fsp3) is 0.860. The summed E-state index contributed by atoms with van der Waals surface area (Å²) in [6.07, 6.45) is 43.1. The highest BCUT2D eigenvalue weighted by molar-refractivity contribution is 5.69. The van der Waals surface area contributed by atoms with Gasteiger partial charge in [0.05, 0.1) is 13.2 Å². The van der Waals surface area contributed by atoms with Gasteiger partial charge in [-0.05, 0) is 71.3 Å². The van der Waals surface area contributed by atoms with Crippen LogP contribution in [-0.2, 0) is 19.1 Å². The van der Waals surface area contributed by atoms with E-state index >= 15 is 0 Å². The van der Waals surface area contributed by atoms with Crippen LogP contribution in [0.2, 0.25) is 0 Å². The molecule has 48 heavy (non-hydrogen) atoms. The van der Waals surface area contributed by atoms with Crippen molar-refractivity contribution in [1.82, 2.24) is 4.90 Å². The zero-order valence-electron chi connectivity index (χ0n) is 32.2. The van der Waals surface area contributed by atoms with Crippen LogP contribution in [0.15, 0.2) is 24.3 Å². The normalized spacial score (nSPS) is 16.8. The van der Waals surface area contributed by atoms with E-state index in [-0.39, 0.29) is 23.8 Å². The van der Waals surface area contributed by atoms with Crippen molar-refractivity contribution in [3.05, 3.63) is 24.3 Å². The third-order valence-corrected chi connectivity index (χ3v) is 9.96. The molecular weight excluding hydrogens is 594 g/mol. The Balaban J connectivity index is 1.98. The van der Waals surface area contributed by atoms with Gasteiger partial charge in [0.1, 0.15) is 0 Å². The maximum Gasteiger partial charge on any atom is 0.305 e. The van der Waals surface area contributed by atoms with Crippen LogP contribution in [0, 0.1) is 11.8 Å². The Kier molecular flexibility index (Phi) is 31.3. The Morgan fingerprint density at radius 3 is 1.10 bits per heavy atom. The lowest BCUT2D eigenvalue weighted by molar-refractivity contribution is -0.149. The van der Waals surface area contributed by atoms with Gasteiger partial charge in [0.25, 0.3) is 0 Å². The van der Waals surface area contributed by atoms with E-state index in [1.165, 1.54) is 141 Å². The summed E-state index contributed by atoms with van der Waals surface area (Å²) in [6.45, 7) is 7.18. The Morgan fingerprint density at radius 2 is 0.771 bits per heavy atom. The molecule has 0 aromatic rings. The number of rotatable bonds is 34. The van der Waals surface area contributed by atoms with E-state index in [4.69, 9.17) is 9.47 Å². The molecule has 0 aliphatic carbocycles. The molecule has 0 bridgehead atoms. The number of carbonyl (C=O) groups excluding carboxylic acids is 2. The first kappa shape index (κ1) is 44.4. The van der Waals surface area contributed by atoms with E-state index in [1.54, 1.807) is 0 Å². The number of carbonyl (C=O) groups is 2. The van der Waals surface area contributed by atoms with Gasteiger partial charge in [-0.2, -0.15) is 0 Å². The molecule has 5 heteroatoms. The molecule has 0 amide bonds. The van der Waals surface area contributed by atoms with Gasteiger partial charge in [0.2, 0.25) is 0 Å². The molecule has 1 heterocycles. The van der Waals surface area contributed by atoms with Gasteiger partial charge in [0.15, 0.2) is 0 Å². The van der Waals surface area contributed by atoms with E-state index in [0.717, 1.165) is 38.8 Å². The van der Waals surface area contributed by atoms with Crippen molar-refractivity contribution < 1.29 is 19.1 Å². The zero-order chi connectivity index (χ0) is 34.8. The fourth-order valence-electron chi connectivity index (χ4n) is 6.78. The van der Waals surface area contributed by atoms with Crippen molar-refractivity contribution in [3.8, 4) is 0 Å². The number of allylic oxidation sites excluding steroid dienone is 4. The maximum absolute atomic E-state index is 12.4. The van der Waals surface area contributed by atoms with Gasteiger partial charge < -0.3 is 14.4 Å². The van der Waals surface area contributed by atoms with Crippen molar-refractivity contribution in [3.63, 3.8) is 0 Å². The van der Waals surface area contributed by atoms with E-state index in [0.29, 0.717) is 26.1 Å². The van der Waals surface area contributed by atoms with E-state index in [9.17, 15) is 9.59 Å². The molecule has 0 spiro atoms. The van der Waals surface area contributed by atoms with Crippen molar-refractivity contribution in [2.75, 3.05) is 33.4 Å². The molecule has 1 aliphatic rings. The number of hydrogen-bond donors (Lipinski definition) is 0. The molecule has 280 valence electrons. The zero-order valence-corrected chi connectivity index (χ0v) is 32.2. The van der Waals surface area contributed by atoms with Gasteiger partial charge >= 0.3 is 11.9 Å². The second-order valence-electron chi connectivity index (χ2n) is 14.8. The van der Waals surface area contributed by atoms with Crippen LogP contribution in [0.1, 0.15) is 194 Å². The molecular formula is C43H79NO4. The molecule has 0 unspecified atom stereocenters. The first-order valence-electron chi connectivity index (χ1n) is 20.9. The summed E-state index contributed by atoms with van der Waals surface area (Å²) in [4.78, 5) is 27.0. The van der Waals surface area contributed by atoms with Crippen LogP contribution in [0.4, 0.5) is 0 Å². The predicted octanol–water partition coefficient (Wildman–Crippen LogP) is 12.3. The van der Waals surface area contributed by atoms with E-state index in [2.05, 4.69) is 50.1 Å². The summed E-state index contributed by atoms with van der Waals surface area (Å²) >= 11 is 0. The lowest BCUT2D eigenvalue weighted by Crippen LogP contribution is -2.25. The molecule has 5 nitrogen and oxygen atoms in total. The lowest BCUT2D eigenvalue weighted by atomic mass is 9.98. The molecule has 1 aliphatic heterocycles. The number of nitrogens with zero attached hydrogens (tertiary/aromatic N) is 1. The highest BCUT2D eigenvalue weighted by atomic mass is 16.5. The van der Waals surface area contributed by atoms with Crippen molar-refractivity contribution in [2.45, 2.75) is 194 Å². The fourth-order valence-corrected chi connectivity index (χ4v) is 6.78. The largest absolute Gasteiger partial charge is 0.465 e. The molecule has 2 atom stereocenters. The smallest absolute Gasteiger partial charge is 0.305 e. The van der Waals surface area contributed by atoms with Crippen LogP contribution in [0.3, 0.4) is 0 Å². The Hall–Kier alpha value is -1.62. The Bertz CT molecular complexity index is 730. The minimum absolute atomic E-state index is 0.0814. The third kappa shape index (κ3) is 28.2. The van der Waals surface area contributed by atoms with Gasteiger partial charge in [-0.15, -0.1) is 0 Å². The van der Waals surface area contributed by atoms with Crippen LogP contribution >= 0.6 is 0 Å². The summed E-state index contributed by atoms with van der Waals surface area (Å²) < 4.78 is 11.3. The number of unbranched alkanes of at least 4 members (excludes halogenated alkanes) is 22. The minimum atomic E-state index is -0.0814. The molecule has 0 aromatic carbocycles. The molecule has 1 fully saturated rings. The second kappa shape index (κ2) is 33.9. The SMILES string of the molecule is CCCCCCCCC=CCCCCCCCC(=O)OC[C@@H]1CN(C)C[C@H]1COC(=O)CCCCCCCC=CCCCCCCCC. The number of esters is 2. The lowest BCUT2D eigenvalue weighted by Gasteiger charge is -2.18. The molecule has 0 saturated carbocycles. The maximum atomic E-state index is 12.4. The summed E-state index contributed by atoms with van der Waals surface area (Å²) in [6, 6.07) is 0. The molecule has 0 aromatic heterocycles. The summed E-state index contributed by atoms with van der Waals surface area (Å²) in [5, 5.41) is 0. The number of ether oxygens (including phenoxy) is 2. The Labute approximate surface area is 298 Å². The first-order valence-corrected chi connectivity index (χ1v) is 20.9. The second-order valence-corrected chi connectivity index (χ2v) is 14.8. The van der Waals surface area contributed by atoms with Gasteiger partial charge in [-0.1, -0.05) is 141 Å². The number of hydrogen-bond acceptors (Lipinski definition) is 5. The monoisotopic (exact) mass is 674 g/mol. The van der Waals surface area contributed by atoms with Gasteiger partial charge in [-0.3, -0.25) is 9.59 Å². The highest BCUT2D eigenvalue weighted by Crippen LogP contribution is 2.24. The quantitative estimate of drug-likeness (QED) is 0.0386. The van der Waals surface area contributed by atoms with Crippen LogP contribution in [0.25, 0.3) is 0 Å². The number of likely N-dealkylation sites (tertiary alicyclic amines) is 1. The molecule has 1 rings (SSSR count). The minimum Gasteiger partial charge on any atom is -0.465 e. The standard InChI is InChI=1S/C43H79NO4/c1-4-6-8-10-12-14-16-18-20-22-24-26-28-30-32-34-42(45)47-38-40-36-44(3)37-41(40)39-48-43(46)35-33-31-29-27-25-23-21-19-17-15-13-11-9-7-5-2/h18-21,40-41H,4-17,22-39H2,1-3H3/t40-,41-/m0/s1. The van der Waals surface area contributed by atoms with Crippen molar-refractivity contribution in [2.24, 2.45) is 11.8 Å². The molecule has 1 saturated heterocycles. The summed E-state index contributed by atoms with van der Waals surface area (Å²) in [7, 11) is 2.09. The summed E-state index contributed by atoms with van der Waals surface area (Å²) in [5.74, 6) is 0.311. The molecule has 0 N–H and O–H groups in total. The molecule has 0 radical (unpaired) electrons. The van der Waals surface area contributed by atoms with Crippen LogP contribution in [0.5, 0.6) is 0 Å². The average Bonchev–Trinajstić information content (AvgIpc) is 3.45. The average molecular weight is 674 g/mol. The van der Waals surface area contributed by atoms with Crippen LogP contribution in [-0.4, -0.2) is 50.2 Å². The van der Waals surface area contributed by atoms with Crippen LogP contribution < -0.4 is 0 Å². The van der Waals surface area contributed by atoms with E-state index < -0.39 is 0 Å². The van der Waals surface area contributed by atoms with Gasteiger partial charge in [0, 0.05) is 37.8 Å². The van der Waals surface area contributed by atoms with Gasteiger partial charge in [-0.25, -0.2) is 0 Å². The summed E-state index contributed by atoms with van der Waals surface area (Å²) in [5.41, 5.74) is 0.